The Balaban J connectivity index is 1.79. The van der Waals surface area contributed by atoms with E-state index >= 15 is 0 Å². The van der Waals surface area contributed by atoms with Gasteiger partial charge in [0, 0.05) is 24.5 Å². The van der Waals surface area contributed by atoms with Crippen LogP contribution in [0.3, 0.4) is 0 Å². The third-order valence-electron chi connectivity index (χ3n) is 5.97. The monoisotopic (exact) mass is 637 g/mol. The lowest BCUT2D eigenvalue weighted by molar-refractivity contribution is -0.153. The standard InChI is InChI=1S/C30H34F3N3O7S/c1-29(2,3)43-28(39)36(18-25(37)23-6-5-14-34-17-23)15-13-20-7-9-21(10-8-20)22-11-12-24(27(38)35-44(4,40)41)26(16-22)42-19-30(31,32)33/h5-12,14,16-17,25,37H,13,15,18-19H2,1-4H3,(H,35,38)/t25-/m0/s1. The maximum Gasteiger partial charge on any atom is 0.422 e. The van der Waals surface area contributed by atoms with Crippen molar-refractivity contribution < 1.29 is 45.8 Å². The molecule has 238 valence electrons. The van der Waals surface area contributed by atoms with Crippen molar-refractivity contribution in [3.63, 3.8) is 0 Å². The number of nitrogens with zero attached hydrogens (tertiary/aromatic N) is 2. The van der Waals surface area contributed by atoms with Gasteiger partial charge in [0.25, 0.3) is 5.91 Å². The first-order valence-electron chi connectivity index (χ1n) is 13.4. The van der Waals surface area contributed by atoms with Gasteiger partial charge < -0.3 is 19.5 Å². The molecule has 0 radical (unpaired) electrons. The smallest absolute Gasteiger partial charge is 0.422 e. The number of alkyl halides is 3. The molecule has 0 saturated heterocycles. The lowest BCUT2D eigenvalue weighted by atomic mass is 10.0. The first-order valence-corrected chi connectivity index (χ1v) is 15.3. The number of pyridine rings is 1. The number of carbonyl (C=O) groups is 2. The predicted octanol–water partition coefficient (Wildman–Crippen LogP) is 4.89. The Morgan fingerprint density at radius 3 is 2.27 bits per heavy atom. The fourth-order valence-electron chi connectivity index (χ4n) is 3.99. The molecule has 2 amide bonds. The van der Waals surface area contributed by atoms with E-state index in [1.165, 1.54) is 29.3 Å². The van der Waals surface area contributed by atoms with Crippen molar-refractivity contribution in [3.05, 3.63) is 83.7 Å². The molecule has 0 spiro atoms. The zero-order valence-corrected chi connectivity index (χ0v) is 25.4. The van der Waals surface area contributed by atoms with Crippen LogP contribution in [-0.2, 0) is 21.2 Å². The summed E-state index contributed by atoms with van der Waals surface area (Å²) in [6.07, 6.45) is -2.05. The van der Waals surface area contributed by atoms with Crippen LogP contribution >= 0.6 is 0 Å². The van der Waals surface area contributed by atoms with Crippen LogP contribution in [0, 0.1) is 0 Å². The Labute approximate surface area is 253 Å². The second kappa shape index (κ2) is 14.1. The number of benzene rings is 2. The maximum atomic E-state index is 12.9. The number of ether oxygens (including phenoxy) is 2. The molecule has 3 aromatic rings. The van der Waals surface area contributed by atoms with Gasteiger partial charge in [0.15, 0.2) is 6.61 Å². The van der Waals surface area contributed by atoms with E-state index in [4.69, 9.17) is 9.47 Å². The quantitative estimate of drug-likeness (QED) is 0.304. The Morgan fingerprint density at radius 2 is 1.70 bits per heavy atom. The second-order valence-electron chi connectivity index (χ2n) is 11.0. The minimum Gasteiger partial charge on any atom is -0.483 e. The predicted molar refractivity (Wildman–Crippen MR) is 156 cm³/mol. The number of hydrogen-bond acceptors (Lipinski definition) is 8. The van der Waals surface area contributed by atoms with E-state index in [0.717, 1.165) is 11.8 Å². The summed E-state index contributed by atoms with van der Waals surface area (Å²) in [6, 6.07) is 14.2. The Bertz CT molecular complexity index is 1540. The molecule has 2 aromatic carbocycles. The van der Waals surface area contributed by atoms with Gasteiger partial charge in [-0.25, -0.2) is 17.9 Å². The molecule has 0 aliphatic heterocycles. The number of carbonyl (C=O) groups excluding carboxylic acids is 2. The average molecular weight is 638 g/mol. The fourth-order valence-corrected chi connectivity index (χ4v) is 4.44. The molecular weight excluding hydrogens is 603 g/mol. The van der Waals surface area contributed by atoms with Crippen molar-refractivity contribution in [3.8, 4) is 16.9 Å². The molecule has 1 heterocycles. The largest absolute Gasteiger partial charge is 0.483 e. The fraction of sp³-hybridized carbons (Fsp3) is 0.367. The van der Waals surface area contributed by atoms with Crippen LogP contribution in [0.4, 0.5) is 18.0 Å². The first kappa shape index (κ1) is 34.3. The molecule has 0 fully saturated rings. The average Bonchev–Trinajstić information content (AvgIpc) is 2.92. The zero-order valence-electron chi connectivity index (χ0n) is 24.6. The topological polar surface area (TPSA) is 135 Å². The highest BCUT2D eigenvalue weighted by Gasteiger charge is 2.30. The van der Waals surface area contributed by atoms with Crippen LogP contribution in [0.1, 0.15) is 48.4 Å². The van der Waals surface area contributed by atoms with Crippen LogP contribution in [0.5, 0.6) is 5.75 Å². The van der Waals surface area contributed by atoms with E-state index in [9.17, 15) is 36.3 Å². The highest BCUT2D eigenvalue weighted by molar-refractivity contribution is 7.89. The lowest BCUT2D eigenvalue weighted by Crippen LogP contribution is -2.40. The van der Waals surface area contributed by atoms with E-state index in [-0.39, 0.29) is 18.7 Å². The molecule has 0 aliphatic rings. The lowest BCUT2D eigenvalue weighted by Gasteiger charge is -2.29. The van der Waals surface area contributed by atoms with Crippen LogP contribution in [0.25, 0.3) is 11.1 Å². The molecule has 3 rings (SSSR count). The SMILES string of the molecule is CC(C)(C)OC(=O)N(CCc1ccc(-c2ccc(C(=O)NS(C)(=O)=O)c(OCC(F)(F)F)c2)cc1)C[C@H](O)c1cccnc1. The van der Waals surface area contributed by atoms with Gasteiger partial charge >= 0.3 is 12.3 Å². The molecule has 1 atom stereocenters. The third kappa shape index (κ3) is 11.2. The number of rotatable bonds is 11. The van der Waals surface area contributed by atoms with E-state index in [0.29, 0.717) is 23.1 Å². The highest BCUT2D eigenvalue weighted by atomic mass is 32.2. The summed E-state index contributed by atoms with van der Waals surface area (Å²) in [5, 5.41) is 10.7. The van der Waals surface area contributed by atoms with Crippen LogP contribution in [0.2, 0.25) is 0 Å². The molecule has 0 bridgehead atoms. The summed E-state index contributed by atoms with van der Waals surface area (Å²) in [4.78, 5) is 30.7. The minimum absolute atomic E-state index is 0.0291. The van der Waals surface area contributed by atoms with Gasteiger partial charge in [-0.05, 0) is 62.1 Å². The number of aromatic nitrogens is 1. The summed E-state index contributed by atoms with van der Waals surface area (Å²) in [5.74, 6) is -1.57. The molecular formula is C30H34F3N3O7S. The zero-order chi connectivity index (χ0) is 32.7. The third-order valence-corrected chi connectivity index (χ3v) is 6.52. The van der Waals surface area contributed by atoms with Crippen LogP contribution < -0.4 is 9.46 Å². The number of sulfonamides is 1. The van der Waals surface area contributed by atoms with Crippen molar-refractivity contribution in [1.29, 1.82) is 0 Å². The van der Waals surface area contributed by atoms with Crippen LogP contribution in [0.15, 0.2) is 67.0 Å². The summed E-state index contributed by atoms with van der Waals surface area (Å²) in [7, 11) is -3.97. The molecule has 2 N–H and O–H groups in total. The number of aliphatic hydroxyl groups is 1. The number of nitrogens with one attached hydrogen (secondary N) is 1. The van der Waals surface area contributed by atoms with E-state index in [1.54, 1.807) is 68.1 Å². The highest BCUT2D eigenvalue weighted by Crippen LogP contribution is 2.30. The Hall–Kier alpha value is -4.17. The summed E-state index contributed by atoms with van der Waals surface area (Å²) in [5.41, 5.74) is 1.23. The number of amides is 2. The summed E-state index contributed by atoms with van der Waals surface area (Å²) < 4.78 is 73.6. The van der Waals surface area contributed by atoms with Crippen molar-refractivity contribution >= 4 is 22.0 Å². The molecule has 14 heteroatoms. The summed E-state index contributed by atoms with van der Waals surface area (Å²) in [6.45, 7) is 3.72. The Kier molecular flexibility index (Phi) is 11.0. The van der Waals surface area contributed by atoms with E-state index < -0.39 is 52.3 Å². The van der Waals surface area contributed by atoms with Gasteiger partial charge in [-0.1, -0.05) is 36.4 Å². The summed E-state index contributed by atoms with van der Waals surface area (Å²) >= 11 is 0. The molecule has 10 nitrogen and oxygen atoms in total. The van der Waals surface area contributed by atoms with Gasteiger partial charge in [-0.3, -0.25) is 9.78 Å². The molecule has 44 heavy (non-hydrogen) atoms. The first-order chi connectivity index (χ1) is 20.4. The normalized spacial score (nSPS) is 12.7. The second-order valence-corrected chi connectivity index (χ2v) is 12.7. The maximum absolute atomic E-state index is 12.9. The van der Waals surface area contributed by atoms with Crippen molar-refractivity contribution in [2.75, 3.05) is 26.0 Å². The molecule has 1 aromatic heterocycles. The number of hydrogen-bond donors (Lipinski definition) is 2. The van der Waals surface area contributed by atoms with Crippen molar-refractivity contribution in [2.45, 2.75) is 45.1 Å². The molecule has 0 saturated carbocycles. The Morgan fingerprint density at radius 1 is 1.05 bits per heavy atom. The minimum atomic E-state index is -4.69. The molecule has 0 unspecified atom stereocenters. The van der Waals surface area contributed by atoms with Gasteiger partial charge in [-0.2, -0.15) is 13.2 Å². The van der Waals surface area contributed by atoms with Crippen LogP contribution in [-0.4, -0.2) is 73.1 Å². The number of halogens is 3. The van der Waals surface area contributed by atoms with Crippen molar-refractivity contribution in [1.82, 2.24) is 14.6 Å². The van der Waals surface area contributed by atoms with Crippen molar-refractivity contribution in [2.24, 2.45) is 0 Å². The van der Waals surface area contributed by atoms with Gasteiger partial charge in [-0.15, -0.1) is 0 Å². The van der Waals surface area contributed by atoms with E-state index in [1.807, 2.05) is 0 Å². The van der Waals surface area contributed by atoms with Gasteiger partial charge in [0.05, 0.1) is 24.5 Å². The van der Waals surface area contributed by atoms with E-state index in [2.05, 4.69) is 4.98 Å². The van der Waals surface area contributed by atoms with Gasteiger partial charge in [0.2, 0.25) is 10.0 Å². The number of aliphatic hydroxyl groups excluding tert-OH is 1. The van der Waals surface area contributed by atoms with Gasteiger partial charge in [0.1, 0.15) is 11.4 Å². The molecule has 0 aliphatic carbocycles.